The van der Waals surface area contributed by atoms with Crippen LogP contribution in [-0.2, 0) is 4.74 Å². The predicted molar refractivity (Wildman–Crippen MR) is 78.5 cm³/mol. The van der Waals surface area contributed by atoms with Crippen molar-refractivity contribution in [1.29, 1.82) is 0 Å². The van der Waals surface area contributed by atoms with E-state index in [1.807, 2.05) is 6.26 Å². The van der Waals surface area contributed by atoms with Crippen molar-refractivity contribution < 1.29 is 4.74 Å². The molecule has 0 aromatic heterocycles. The summed E-state index contributed by atoms with van der Waals surface area (Å²) in [6.07, 6.45) is 9.02. The van der Waals surface area contributed by atoms with Crippen LogP contribution in [0.5, 0.6) is 0 Å². The number of likely N-dealkylation sites (tertiary alicyclic amines) is 1. The molecule has 0 aliphatic carbocycles. The van der Waals surface area contributed by atoms with E-state index >= 15 is 0 Å². The third-order valence-corrected chi connectivity index (χ3v) is 5.00. The van der Waals surface area contributed by atoms with E-state index in [4.69, 9.17) is 10.6 Å². The van der Waals surface area contributed by atoms with Gasteiger partial charge in [-0.3, -0.25) is 16.2 Å². The number of nitrogens with one attached hydrogen (secondary N) is 1. The zero-order valence-corrected chi connectivity index (χ0v) is 12.5. The first-order valence-corrected chi connectivity index (χ1v) is 7.80. The summed E-state index contributed by atoms with van der Waals surface area (Å²) in [6.45, 7) is 7.82. The van der Waals surface area contributed by atoms with Crippen LogP contribution in [0.25, 0.3) is 0 Å². The van der Waals surface area contributed by atoms with Gasteiger partial charge < -0.3 is 4.74 Å². The highest BCUT2D eigenvalue weighted by Gasteiger charge is 2.43. The molecule has 0 amide bonds. The number of nitrogens with two attached hydrogens (primary N) is 1. The van der Waals surface area contributed by atoms with Crippen LogP contribution in [0.1, 0.15) is 52.4 Å². The van der Waals surface area contributed by atoms with Crippen LogP contribution in [0, 0.1) is 0 Å². The number of nitrogens with zero attached hydrogens (tertiary/aromatic N) is 1. The van der Waals surface area contributed by atoms with Gasteiger partial charge in [-0.2, -0.15) is 0 Å². The normalized spacial score (nSPS) is 23.0. The molecule has 2 heterocycles. The summed E-state index contributed by atoms with van der Waals surface area (Å²) >= 11 is 0. The minimum Gasteiger partial charge on any atom is -0.501 e. The van der Waals surface area contributed by atoms with Crippen molar-refractivity contribution in [2.45, 2.75) is 64.0 Å². The van der Waals surface area contributed by atoms with Crippen LogP contribution < -0.4 is 11.3 Å². The van der Waals surface area contributed by atoms with Crippen LogP contribution in [0.4, 0.5) is 0 Å². The highest BCUT2D eigenvalue weighted by Crippen LogP contribution is 2.36. The monoisotopic (exact) mass is 267 g/mol. The molecule has 1 saturated heterocycles. The Bertz CT molecular complexity index is 307. The summed E-state index contributed by atoms with van der Waals surface area (Å²) in [4.78, 5) is 2.65. The van der Waals surface area contributed by atoms with E-state index < -0.39 is 0 Å². The maximum Gasteiger partial charge on any atom is 0.0876 e. The first-order chi connectivity index (χ1) is 9.28. The van der Waals surface area contributed by atoms with Crippen LogP contribution in [0.3, 0.4) is 0 Å². The minimum absolute atomic E-state index is 0.137. The number of hydrazine groups is 1. The molecular formula is C15H29N3O. The predicted octanol–water partition coefficient (Wildman–Crippen LogP) is 2.17. The van der Waals surface area contributed by atoms with Gasteiger partial charge >= 0.3 is 0 Å². The first kappa shape index (κ1) is 14.8. The molecular weight excluding hydrogens is 238 g/mol. The maximum absolute atomic E-state index is 5.94. The van der Waals surface area contributed by atoms with Gasteiger partial charge in [-0.1, -0.05) is 13.8 Å². The minimum atomic E-state index is 0.137. The Morgan fingerprint density at radius 3 is 2.47 bits per heavy atom. The topological polar surface area (TPSA) is 50.5 Å². The zero-order valence-electron chi connectivity index (χ0n) is 12.5. The van der Waals surface area contributed by atoms with Crippen LogP contribution in [0.2, 0.25) is 0 Å². The van der Waals surface area contributed by atoms with Gasteiger partial charge in [0.1, 0.15) is 0 Å². The third kappa shape index (κ3) is 2.81. The fourth-order valence-corrected chi connectivity index (χ4v) is 3.85. The van der Waals surface area contributed by atoms with Gasteiger partial charge in [-0.05, 0) is 57.2 Å². The lowest BCUT2D eigenvalue weighted by atomic mass is 9.78. The van der Waals surface area contributed by atoms with Crippen molar-refractivity contribution in [3.05, 3.63) is 11.8 Å². The van der Waals surface area contributed by atoms with Gasteiger partial charge in [-0.15, -0.1) is 0 Å². The second-order valence-corrected chi connectivity index (χ2v) is 5.77. The number of hydrogen-bond acceptors (Lipinski definition) is 4. The molecule has 1 atom stereocenters. The number of ether oxygens (including phenoxy) is 1. The molecule has 0 aromatic carbocycles. The van der Waals surface area contributed by atoms with E-state index in [0.29, 0.717) is 0 Å². The first-order valence-electron chi connectivity index (χ1n) is 7.80. The molecule has 2 rings (SSSR count). The van der Waals surface area contributed by atoms with Gasteiger partial charge in [0.25, 0.3) is 0 Å². The third-order valence-electron chi connectivity index (χ3n) is 5.00. The van der Waals surface area contributed by atoms with E-state index in [-0.39, 0.29) is 11.6 Å². The second kappa shape index (κ2) is 6.73. The average Bonchev–Trinajstić information content (AvgIpc) is 3.00. The average molecular weight is 267 g/mol. The zero-order chi connectivity index (χ0) is 13.7. The Morgan fingerprint density at radius 2 is 2.00 bits per heavy atom. The lowest BCUT2D eigenvalue weighted by Gasteiger charge is -2.47. The van der Waals surface area contributed by atoms with Crippen molar-refractivity contribution in [3.8, 4) is 0 Å². The molecule has 0 bridgehead atoms. The summed E-state index contributed by atoms with van der Waals surface area (Å²) in [6, 6.07) is 0.209. The smallest absolute Gasteiger partial charge is 0.0876 e. The molecule has 0 spiro atoms. The van der Waals surface area contributed by atoms with Crippen molar-refractivity contribution >= 4 is 0 Å². The van der Waals surface area contributed by atoms with Gasteiger partial charge in [0, 0.05) is 5.54 Å². The van der Waals surface area contributed by atoms with Crippen LogP contribution in [0.15, 0.2) is 11.8 Å². The van der Waals surface area contributed by atoms with Crippen LogP contribution in [-0.4, -0.2) is 36.2 Å². The highest BCUT2D eigenvalue weighted by molar-refractivity contribution is 5.19. The quantitative estimate of drug-likeness (QED) is 0.572. The Hall–Kier alpha value is -0.580. The maximum atomic E-state index is 5.94. The van der Waals surface area contributed by atoms with Gasteiger partial charge in [0.15, 0.2) is 0 Å². The van der Waals surface area contributed by atoms with E-state index in [1.54, 1.807) is 0 Å². The van der Waals surface area contributed by atoms with E-state index in [0.717, 1.165) is 32.3 Å². The largest absolute Gasteiger partial charge is 0.501 e. The Morgan fingerprint density at radius 1 is 1.32 bits per heavy atom. The van der Waals surface area contributed by atoms with Crippen molar-refractivity contribution in [3.63, 3.8) is 0 Å². The van der Waals surface area contributed by atoms with Gasteiger partial charge in [-0.25, -0.2) is 0 Å². The summed E-state index contributed by atoms with van der Waals surface area (Å²) in [5, 5.41) is 0. The molecule has 19 heavy (non-hydrogen) atoms. The lowest BCUT2D eigenvalue weighted by Crippen LogP contribution is -2.62. The second-order valence-electron chi connectivity index (χ2n) is 5.77. The SMILES string of the molecule is CCC(CC)(C(NN)C1=COCCC1)N1CCCC1. The number of hydrogen-bond donors (Lipinski definition) is 2. The Balaban J connectivity index is 2.25. The Labute approximate surface area is 117 Å². The van der Waals surface area contributed by atoms with Crippen molar-refractivity contribution in [2.75, 3.05) is 19.7 Å². The molecule has 3 N–H and O–H groups in total. The van der Waals surface area contributed by atoms with Crippen molar-refractivity contribution in [1.82, 2.24) is 10.3 Å². The molecule has 1 fully saturated rings. The fraction of sp³-hybridized carbons (Fsp3) is 0.867. The molecule has 4 heteroatoms. The number of rotatable bonds is 6. The van der Waals surface area contributed by atoms with Crippen LogP contribution >= 0.6 is 0 Å². The molecule has 110 valence electrons. The lowest BCUT2D eigenvalue weighted by molar-refractivity contribution is 0.0694. The molecule has 2 aliphatic rings. The van der Waals surface area contributed by atoms with E-state index in [9.17, 15) is 0 Å². The van der Waals surface area contributed by atoms with E-state index in [1.165, 1.54) is 31.5 Å². The van der Waals surface area contributed by atoms with Crippen molar-refractivity contribution in [2.24, 2.45) is 5.84 Å². The molecule has 4 nitrogen and oxygen atoms in total. The summed E-state index contributed by atoms with van der Waals surface area (Å²) in [7, 11) is 0. The molecule has 2 aliphatic heterocycles. The molecule has 0 saturated carbocycles. The summed E-state index contributed by atoms with van der Waals surface area (Å²) in [5.41, 5.74) is 4.58. The standard InChI is InChI=1S/C15H29N3O/c1-3-15(4-2,18-9-5-6-10-18)14(17-16)13-8-7-11-19-12-13/h12,14,17H,3-11,16H2,1-2H3. The molecule has 0 aromatic rings. The van der Waals surface area contributed by atoms with E-state index in [2.05, 4.69) is 24.2 Å². The summed E-state index contributed by atoms with van der Waals surface area (Å²) in [5.74, 6) is 5.94. The molecule has 1 unspecified atom stereocenters. The molecule has 0 radical (unpaired) electrons. The van der Waals surface area contributed by atoms with Gasteiger partial charge in [0.2, 0.25) is 0 Å². The highest BCUT2D eigenvalue weighted by atomic mass is 16.5. The Kier molecular flexibility index (Phi) is 5.25. The fourth-order valence-electron chi connectivity index (χ4n) is 3.85. The summed E-state index contributed by atoms with van der Waals surface area (Å²) < 4.78 is 5.54. The van der Waals surface area contributed by atoms with Gasteiger partial charge in [0.05, 0.1) is 18.9 Å².